The zero-order chi connectivity index (χ0) is 21.1. The van der Waals surface area contributed by atoms with Crippen molar-refractivity contribution in [1.82, 2.24) is 14.9 Å². The summed E-state index contributed by atoms with van der Waals surface area (Å²) >= 11 is 0. The average molecular weight is 433 g/mol. The van der Waals surface area contributed by atoms with Gasteiger partial charge >= 0.3 is 15.5 Å². The molecule has 0 spiro atoms. The Balaban J connectivity index is 1.44. The molecule has 1 aliphatic carbocycles. The molecule has 2 aliphatic rings. The van der Waals surface area contributed by atoms with Crippen molar-refractivity contribution in [3.8, 4) is 0 Å². The fraction of sp³-hybridized carbons (Fsp3) is 0.632. The Hall–Kier alpha value is -1.81. The highest BCUT2D eigenvalue weighted by molar-refractivity contribution is 7.90. The summed E-state index contributed by atoms with van der Waals surface area (Å²) in [4.78, 5) is 4.22. The van der Waals surface area contributed by atoms with Crippen molar-refractivity contribution >= 4 is 16.0 Å². The molecular formula is C19H27F3N4O2S. The first-order chi connectivity index (χ1) is 13.7. The molecule has 1 saturated heterocycles. The highest BCUT2D eigenvalue weighted by Gasteiger charge is 2.50. The maximum absolute atomic E-state index is 12.7. The maximum atomic E-state index is 12.7. The lowest BCUT2D eigenvalue weighted by molar-refractivity contribution is -0.0496. The fourth-order valence-corrected chi connectivity index (χ4v) is 4.71. The second-order valence-electron chi connectivity index (χ2n) is 7.75. The van der Waals surface area contributed by atoms with Gasteiger partial charge in [0.15, 0.2) is 5.96 Å². The van der Waals surface area contributed by atoms with Gasteiger partial charge in [-0.05, 0) is 37.2 Å². The third-order valence-electron chi connectivity index (χ3n) is 5.82. The molecule has 1 aromatic carbocycles. The molecule has 1 heterocycles. The summed E-state index contributed by atoms with van der Waals surface area (Å²) < 4.78 is 61.5. The predicted octanol–water partition coefficient (Wildman–Crippen LogP) is 2.44. The van der Waals surface area contributed by atoms with Crippen LogP contribution in [0.5, 0.6) is 0 Å². The highest BCUT2D eigenvalue weighted by Crippen LogP contribution is 2.47. The molecule has 10 heteroatoms. The molecule has 2 N–H and O–H groups in total. The van der Waals surface area contributed by atoms with E-state index in [1.165, 1.54) is 5.56 Å². The topological polar surface area (TPSA) is 73.8 Å². The molecule has 162 valence electrons. The van der Waals surface area contributed by atoms with Crippen LogP contribution in [0.15, 0.2) is 35.3 Å². The van der Waals surface area contributed by atoms with Crippen LogP contribution in [0, 0.1) is 5.92 Å². The third kappa shape index (κ3) is 5.03. The number of halogens is 3. The Morgan fingerprint density at radius 2 is 1.79 bits per heavy atom. The lowest BCUT2D eigenvalue weighted by Gasteiger charge is -2.31. The predicted molar refractivity (Wildman–Crippen MR) is 106 cm³/mol. The normalized spacial score (nSPS) is 21.0. The number of alkyl halides is 3. The number of nitrogens with zero attached hydrogens (tertiary/aromatic N) is 2. The molecule has 0 aromatic heterocycles. The fourth-order valence-electron chi connectivity index (χ4n) is 3.72. The van der Waals surface area contributed by atoms with Gasteiger partial charge in [-0.15, -0.1) is 0 Å². The van der Waals surface area contributed by atoms with Crippen molar-refractivity contribution in [2.24, 2.45) is 10.9 Å². The molecule has 29 heavy (non-hydrogen) atoms. The first-order valence-corrected chi connectivity index (χ1v) is 11.2. The average Bonchev–Trinajstić information content (AvgIpc) is 3.49. The second kappa shape index (κ2) is 8.51. The SMILES string of the molecule is CN=C(NCC1CCN(S(=O)(=O)C(F)(F)F)CC1)NCC1(c2ccccc2)CC1. The van der Waals surface area contributed by atoms with Crippen LogP contribution in [0.25, 0.3) is 0 Å². The van der Waals surface area contributed by atoms with Crippen LogP contribution in [0.3, 0.4) is 0 Å². The molecule has 6 nitrogen and oxygen atoms in total. The second-order valence-corrected chi connectivity index (χ2v) is 9.68. The molecule has 1 aromatic rings. The number of nitrogens with one attached hydrogen (secondary N) is 2. The zero-order valence-electron chi connectivity index (χ0n) is 16.4. The monoisotopic (exact) mass is 432 g/mol. The van der Waals surface area contributed by atoms with Gasteiger partial charge in [-0.25, -0.2) is 8.42 Å². The van der Waals surface area contributed by atoms with Gasteiger partial charge in [-0.1, -0.05) is 30.3 Å². The third-order valence-corrected chi connectivity index (χ3v) is 7.45. The summed E-state index contributed by atoms with van der Waals surface area (Å²) in [5, 5.41) is 6.57. The van der Waals surface area contributed by atoms with E-state index in [2.05, 4.69) is 27.8 Å². The van der Waals surface area contributed by atoms with E-state index >= 15 is 0 Å². The summed E-state index contributed by atoms with van der Waals surface area (Å²) in [6, 6.07) is 10.3. The first kappa shape index (κ1) is 21.9. The first-order valence-electron chi connectivity index (χ1n) is 9.74. The number of hydrogen-bond donors (Lipinski definition) is 2. The van der Waals surface area contributed by atoms with Crippen LogP contribution in [-0.4, -0.2) is 57.4 Å². The molecule has 3 rings (SSSR count). The van der Waals surface area contributed by atoms with Crippen LogP contribution >= 0.6 is 0 Å². The van der Waals surface area contributed by atoms with E-state index in [-0.39, 0.29) is 24.4 Å². The van der Waals surface area contributed by atoms with Crippen LogP contribution in [0.2, 0.25) is 0 Å². The van der Waals surface area contributed by atoms with Gasteiger partial charge in [0.2, 0.25) is 0 Å². The van der Waals surface area contributed by atoms with Crippen LogP contribution in [0.4, 0.5) is 13.2 Å². The van der Waals surface area contributed by atoms with E-state index in [1.54, 1.807) is 7.05 Å². The molecule has 2 fully saturated rings. The van der Waals surface area contributed by atoms with Gasteiger partial charge < -0.3 is 10.6 Å². The van der Waals surface area contributed by atoms with Crippen LogP contribution < -0.4 is 10.6 Å². The van der Waals surface area contributed by atoms with E-state index in [4.69, 9.17) is 0 Å². The minimum Gasteiger partial charge on any atom is -0.356 e. The zero-order valence-corrected chi connectivity index (χ0v) is 17.2. The molecule has 0 bridgehead atoms. The summed E-state index contributed by atoms with van der Waals surface area (Å²) in [6.07, 6.45) is 3.00. The van der Waals surface area contributed by atoms with Crippen molar-refractivity contribution in [3.63, 3.8) is 0 Å². The Morgan fingerprint density at radius 3 is 2.31 bits per heavy atom. The van der Waals surface area contributed by atoms with E-state index < -0.39 is 15.5 Å². The van der Waals surface area contributed by atoms with Crippen molar-refractivity contribution in [3.05, 3.63) is 35.9 Å². The minimum absolute atomic E-state index is 0.0947. The smallest absolute Gasteiger partial charge is 0.356 e. The number of benzene rings is 1. The number of piperidine rings is 1. The molecule has 0 radical (unpaired) electrons. The number of aliphatic imine (C=N–C) groups is 1. The number of sulfonamides is 1. The number of guanidine groups is 1. The summed E-state index contributed by atoms with van der Waals surface area (Å²) in [5.74, 6) is 0.745. The van der Waals surface area contributed by atoms with Crippen molar-refractivity contribution < 1.29 is 21.6 Å². The maximum Gasteiger partial charge on any atom is 0.511 e. The Morgan fingerprint density at radius 1 is 1.17 bits per heavy atom. The molecule has 1 saturated carbocycles. The Kier molecular flexibility index (Phi) is 6.42. The van der Waals surface area contributed by atoms with E-state index in [1.807, 2.05) is 18.2 Å². The van der Waals surface area contributed by atoms with Crippen molar-refractivity contribution in [2.45, 2.75) is 36.6 Å². The van der Waals surface area contributed by atoms with Crippen LogP contribution in [0.1, 0.15) is 31.2 Å². The lowest BCUT2D eigenvalue weighted by Crippen LogP contribution is -2.47. The molecule has 0 unspecified atom stereocenters. The van der Waals surface area contributed by atoms with E-state index in [9.17, 15) is 21.6 Å². The van der Waals surface area contributed by atoms with E-state index in [0.717, 1.165) is 19.4 Å². The van der Waals surface area contributed by atoms with Gasteiger partial charge in [-0.2, -0.15) is 17.5 Å². The molecule has 0 atom stereocenters. The van der Waals surface area contributed by atoms with Gasteiger partial charge in [0.1, 0.15) is 0 Å². The summed E-state index contributed by atoms with van der Waals surface area (Å²) in [6.45, 7) is 1.07. The quantitative estimate of drug-likeness (QED) is 0.535. The lowest BCUT2D eigenvalue weighted by atomic mass is 9.96. The molecular weight excluding hydrogens is 405 g/mol. The Bertz CT molecular complexity index is 816. The van der Waals surface area contributed by atoms with Gasteiger partial charge in [0, 0.05) is 38.6 Å². The van der Waals surface area contributed by atoms with Gasteiger partial charge in [-0.3, -0.25) is 4.99 Å². The summed E-state index contributed by atoms with van der Waals surface area (Å²) in [5.41, 5.74) is -3.79. The standard InChI is InChI=1S/C19H27F3N4O2S/c1-23-17(25-14-18(9-10-18)16-5-3-2-4-6-16)24-13-15-7-11-26(12-8-15)29(27,28)19(20,21)22/h2-6,15H,7-14H2,1H3,(H2,23,24,25). The number of hydrogen-bond acceptors (Lipinski definition) is 3. The summed E-state index contributed by atoms with van der Waals surface area (Å²) in [7, 11) is -3.55. The van der Waals surface area contributed by atoms with Gasteiger partial charge in [0.05, 0.1) is 0 Å². The van der Waals surface area contributed by atoms with Crippen molar-refractivity contribution in [1.29, 1.82) is 0 Å². The van der Waals surface area contributed by atoms with Crippen LogP contribution in [-0.2, 0) is 15.4 Å². The molecule has 0 amide bonds. The number of rotatable bonds is 6. The van der Waals surface area contributed by atoms with Crippen molar-refractivity contribution in [2.75, 3.05) is 33.2 Å². The largest absolute Gasteiger partial charge is 0.511 e. The highest BCUT2D eigenvalue weighted by atomic mass is 32.2. The van der Waals surface area contributed by atoms with E-state index in [0.29, 0.717) is 29.7 Å². The minimum atomic E-state index is -5.23. The Labute approximate surface area is 169 Å². The van der Waals surface area contributed by atoms with Gasteiger partial charge in [0.25, 0.3) is 0 Å². The molecule has 1 aliphatic heterocycles.